The van der Waals surface area contributed by atoms with Crippen molar-refractivity contribution in [3.63, 3.8) is 0 Å². The van der Waals surface area contributed by atoms with Crippen molar-refractivity contribution < 1.29 is 14.3 Å². The zero-order valence-electron chi connectivity index (χ0n) is 17.0. The first-order valence-corrected chi connectivity index (χ1v) is 12.5. The van der Waals surface area contributed by atoms with E-state index in [0.717, 1.165) is 44.3 Å². The van der Waals surface area contributed by atoms with Crippen molar-refractivity contribution in [2.75, 3.05) is 49.7 Å². The highest BCUT2D eigenvalue weighted by Gasteiger charge is 2.16. The summed E-state index contributed by atoms with van der Waals surface area (Å²) >= 11 is 4.00. The number of nitrogens with zero attached hydrogens (tertiary/aromatic N) is 1. The van der Waals surface area contributed by atoms with E-state index in [2.05, 4.69) is 28.4 Å². The zero-order chi connectivity index (χ0) is 20.6. The maximum atomic E-state index is 12.3. The number of thioether (sulfide) groups is 2. The van der Waals surface area contributed by atoms with Crippen molar-refractivity contribution in [2.45, 2.75) is 17.5 Å². The van der Waals surface area contributed by atoms with Crippen LogP contribution in [-0.2, 0) is 16.1 Å². The van der Waals surface area contributed by atoms with Crippen LogP contribution in [0.4, 0.5) is 5.69 Å². The number of benzene rings is 2. The van der Waals surface area contributed by atoms with Crippen LogP contribution in [0.25, 0.3) is 0 Å². The van der Waals surface area contributed by atoms with Crippen LogP contribution in [0.15, 0.2) is 48.5 Å². The monoisotopic (exact) mass is 444 g/mol. The van der Waals surface area contributed by atoms with Crippen LogP contribution in [-0.4, -0.2) is 55.2 Å². The first-order valence-electron chi connectivity index (χ1n) is 10.4. The lowest BCUT2D eigenvalue weighted by Gasteiger charge is -2.26. The molecule has 5 nitrogen and oxygen atoms in total. The number of carbonyl (C=O) groups excluding carboxylic acids is 1. The molecule has 0 saturated carbocycles. The molecule has 4 rings (SSSR count). The van der Waals surface area contributed by atoms with Crippen molar-refractivity contribution in [3.05, 3.63) is 59.7 Å². The second-order valence-corrected chi connectivity index (χ2v) is 10.1. The normalized spacial score (nSPS) is 18.1. The molecular weight excluding hydrogens is 416 g/mol. The summed E-state index contributed by atoms with van der Waals surface area (Å²) in [4.78, 5) is 14.7. The maximum absolute atomic E-state index is 12.3. The van der Waals surface area contributed by atoms with Gasteiger partial charge < -0.3 is 14.8 Å². The van der Waals surface area contributed by atoms with Crippen LogP contribution in [0, 0.1) is 0 Å². The number of amides is 1. The lowest BCUT2D eigenvalue weighted by molar-refractivity contribution is -0.118. The minimum Gasteiger partial charge on any atom is -0.484 e. The molecule has 0 unspecified atom stereocenters. The van der Waals surface area contributed by atoms with E-state index in [1.807, 2.05) is 53.9 Å². The number of anilines is 1. The standard InChI is InChI=1S/C23H28N2O3S2/c26-22(17-28-21-7-5-19(6-8-21)23-29-13-2-14-30-23)24-20-4-1-3-18(15-20)16-25-9-11-27-12-10-25/h1,3-8,15,23H,2,9-14,16-17H2,(H,24,26). The third kappa shape index (κ3) is 6.41. The second-order valence-electron chi connectivity index (χ2n) is 7.42. The van der Waals surface area contributed by atoms with E-state index in [9.17, 15) is 4.79 Å². The molecule has 1 amide bonds. The van der Waals surface area contributed by atoms with Gasteiger partial charge in [0.25, 0.3) is 5.91 Å². The molecular formula is C23H28N2O3S2. The van der Waals surface area contributed by atoms with Gasteiger partial charge in [0.15, 0.2) is 6.61 Å². The Labute approximate surface area is 186 Å². The highest BCUT2D eigenvalue weighted by Crippen LogP contribution is 2.43. The Morgan fingerprint density at radius 2 is 1.87 bits per heavy atom. The lowest BCUT2D eigenvalue weighted by atomic mass is 10.2. The zero-order valence-corrected chi connectivity index (χ0v) is 18.7. The second kappa shape index (κ2) is 11.1. The summed E-state index contributed by atoms with van der Waals surface area (Å²) in [6, 6.07) is 16.1. The van der Waals surface area contributed by atoms with Gasteiger partial charge in [-0.15, -0.1) is 23.5 Å². The average Bonchev–Trinajstić information content (AvgIpc) is 2.80. The third-order valence-electron chi connectivity index (χ3n) is 5.07. The fourth-order valence-electron chi connectivity index (χ4n) is 3.51. The Balaban J connectivity index is 1.25. The minimum absolute atomic E-state index is 0.0000330. The van der Waals surface area contributed by atoms with E-state index in [0.29, 0.717) is 4.58 Å². The summed E-state index contributed by atoms with van der Waals surface area (Å²) in [5, 5.41) is 2.94. The van der Waals surface area contributed by atoms with Crippen LogP contribution < -0.4 is 10.1 Å². The molecule has 0 aliphatic carbocycles. The molecule has 7 heteroatoms. The lowest BCUT2D eigenvalue weighted by Crippen LogP contribution is -2.35. The smallest absolute Gasteiger partial charge is 0.262 e. The van der Waals surface area contributed by atoms with Crippen LogP contribution in [0.5, 0.6) is 5.75 Å². The summed E-state index contributed by atoms with van der Waals surface area (Å²) in [5.74, 6) is 3.02. The summed E-state index contributed by atoms with van der Waals surface area (Å²) in [6.07, 6.45) is 1.29. The number of hydrogen-bond donors (Lipinski definition) is 1. The largest absolute Gasteiger partial charge is 0.484 e. The van der Waals surface area contributed by atoms with Crippen molar-refractivity contribution in [1.29, 1.82) is 0 Å². The Bertz CT molecular complexity index is 819. The number of nitrogens with one attached hydrogen (secondary N) is 1. The number of morpholine rings is 1. The molecule has 2 heterocycles. The van der Waals surface area contributed by atoms with Gasteiger partial charge in [-0.3, -0.25) is 9.69 Å². The van der Waals surface area contributed by atoms with E-state index in [1.165, 1.54) is 29.1 Å². The third-order valence-corrected chi connectivity index (χ3v) is 8.09. The predicted octanol–water partition coefficient (Wildman–Crippen LogP) is 4.41. The molecule has 2 aliphatic heterocycles. The summed E-state index contributed by atoms with van der Waals surface area (Å²) in [7, 11) is 0. The van der Waals surface area contributed by atoms with Gasteiger partial charge in [-0.25, -0.2) is 0 Å². The molecule has 2 saturated heterocycles. The number of rotatable bonds is 7. The van der Waals surface area contributed by atoms with E-state index >= 15 is 0 Å². The molecule has 30 heavy (non-hydrogen) atoms. The Kier molecular flexibility index (Phi) is 7.97. The molecule has 160 valence electrons. The van der Waals surface area contributed by atoms with Crippen molar-refractivity contribution in [3.8, 4) is 5.75 Å². The van der Waals surface area contributed by atoms with E-state index in [-0.39, 0.29) is 12.5 Å². The van der Waals surface area contributed by atoms with E-state index in [4.69, 9.17) is 9.47 Å². The molecule has 0 bridgehead atoms. The van der Waals surface area contributed by atoms with Gasteiger partial charge in [0.05, 0.1) is 17.8 Å². The predicted molar refractivity (Wildman–Crippen MR) is 125 cm³/mol. The van der Waals surface area contributed by atoms with Gasteiger partial charge >= 0.3 is 0 Å². The van der Waals surface area contributed by atoms with Crippen LogP contribution in [0.1, 0.15) is 22.1 Å². The fraction of sp³-hybridized carbons (Fsp3) is 0.435. The van der Waals surface area contributed by atoms with Gasteiger partial charge in [0.1, 0.15) is 5.75 Å². The summed E-state index contributed by atoms with van der Waals surface area (Å²) < 4.78 is 11.6. The Morgan fingerprint density at radius 3 is 2.63 bits per heavy atom. The van der Waals surface area contributed by atoms with Gasteiger partial charge in [-0.2, -0.15) is 0 Å². The number of carbonyl (C=O) groups is 1. The molecule has 2 aromatic carbocycles. The Hall–Kier alpha value is -1.67. The Morgan fingerprint density at radius 1 is 1.10 bits per heavy atom. The van der Waals surface area contributed by atoms with Crippen LogP contribution in [0.3, 0.4) is 0 Å². The van der Waals surface area contributed by atoms with Crippen molar-refractivity contribution in [1.82, 2.24) is 4.90 Å². The fourth-order valence-corrected chi connectivity index (χ4v) is 6.41. The first-order chi connectivity index (χ1) is 14.8. The minimum atomic E-state index is -0.152. The molecule has 0 aromatic heterocycles. The van der Waals surface area contributed by atoms with Gasteiger partial charge in [0.2, 0.25) is 0 Å². The molecule has 0 radical (unpaired) electrons. The topological polar surface area (TPSA) is 50.8 Å². The van der Waals surface area contributed by atoms with Crippen molar-refractivity contribution >= 4 is 35.1 Å². The number of hydrogen-bond acceptors (Lipinski definition) is 6. The highest BCUT2D eigenvalue weighted by atomic mass is 32.2. The van der Waals surface area contributed by atoms with Gasteiger partial charge in [-0.05, 0) is 53.3 Å². The number of ether oxygens (including phenoxy) is 2. The molecule has 0 atom stereocenters. The van der Waals surface area contributed by atoms with Crippen LogP contribution in [0.2, 0.25) is 0 Å². The SMILES string of the molecule is O=C(COc1ccc(C2SCCCS2)cc1)Nc1cccc(CN2CCOCC2)c1. The van der Waals surface area contributed by atoms with E-state index in [1.54, 1.807) is 0 Å². The van der Waals surface area contributed by atoms with E-state index < -0.39 is 0 Å². The molecule has 2 aliphatic rings. The maximum Gasteiger partial charge on any atom is 0.262 e. The summed E-state index contributed by atoms with van der Waals surface area (Å²) in [5.41, 5.74) is 3.30. The quantitative estimate of drug-likeness (QED) is 0.683. The summed E-state index contributed by atoms with van der Waals surface area (Å²) in [6.45, 7) is 4.33. The molecule has 0 spiro atoms. The average molecular weight is 445 g/mol. The molecule has 1 N–H and O–H groups in total. The first kappa shape index (κ1) is 21.6. The van der Waals surface area contributed by atoms with Crippen LogP contribution >= 0.6 is 23.5 Å². The van der Waals surface area contributed by atoms with Gasteiger partial charge in [-0.1, -0.05) is 24.3 Å². The molecule has 2 aromatic rings. The molecule has 2 fully saturated rings. The van der Waals surface area contributed by atoms with Gasteiger partial charge in [0, 0.05) is 25.3 Å². The van der Waals surface area contributed by atoms with Crippen molar-refractivity contribution in [2.24, 2.45) is 0 Å². The highest BCUT2D eigenvalue weighted by molar-refractivity contribution is 8.16.